The lowest BCUT2D eigenvalue weighted by molar-refractivity contribution is -0.114. The Hall–Kier alpha value is -3.57. The SMILES string of the molecule is Cc1ccc(CN2C(=O)/C(=C\c3ccc(C(=O)NCCC4=CCCCC4)cc3)Sc3ccccc32)cc1. The molecule has 2 amide bonds. The number of para-hydroxylation sites is 1. The topological polar surface area (TPSA) is 49.4 Å². The van der Waals surface area contributed by atoms with Crippen molar-refractivity contribution in [2.45, 2.75) is 50.5 Å². The van der Waals surface area contributed by atoms with Crippen molar-refractivity contribution in [1.29, 1.82) is 0 Å². The molecule has 0 fully saturated rings. The van der Waals surface area contributed by atoms with Crippen LogP contribution in [-0.2, 0) is 11.3 Å². The van der Waals surface area contributed by atoms with Crippen molar-refractivity contribution in [3.8, 4) is 0 Å². The fraction of sp³-hybridized carbons (Fsp3) is 0.250. The number of allylic oxidation sites excluding steroid dienone is 1. The van der Waals surface area contributed by atoms with Gasteiger partial charge in [-0.3, -0.25) is 9.59 Å². The molecule has 1 N–H and O–H groups in total. The first-order valence-corrected chi connectivity index (χ1v) is 13.8. The molecule has 2 aliphatic rings. The Kier molecular flexibility index (Phi) is 7.90. The van der Waals surface area contributed by atoms with Gasteiger partial charge in [0.15, 0.2) is 0 Å². The molecule has 5 rings (SSSR count). The van der Waals surface area contributed by atoms with Crippen molar-refractivity contribution in [3.63, 3.8) is 0 Å². The number of thioether (sulfide) groups is 1. The van der Waals surface area contributed by atoms with Crippen LogP contribution in [0.5, 0.6) is 0 Å². The van der Waals surface area contributed by atoms with E-state index in [0.29, 0.717) is 23.6 Å². The molecule has 0 unspecified atom stereocenters. The van der Waals surface area contributed by atoms with E-state index < -0.39 is 0 Å². The number of nitrogens with zero attached hydrogens (tertiary/aromatic N) is 1. The summed E-state index contributed by atoms with van der Waals surface area (Å²) >= 11 is 1.50. The molecule has 0 atom stereocenters. The highest BCUT2D eigenvalue weighted by Crippen LogP contribution is 2.42. The van der Waals surface area contributed by atoms with E-state index in [2.05, 4.69) is 48.6 Å². The third kappa shape index (κ3) is 6.23. The van der Waals surface area contributed by atoms with Crippen LogP contribution < -0.4 is 10.2 Å². The summed E-state index contributed by atoms with van der Waals surface area (Å²) in [5, 5.41) is 3.04. The fourth-order valence-corrected chi connectivity index (χ4v) is 5.81. The van der Waals surface area contributed by atoms with Crippen LogP contribution >= 0.6 is 11.8 Å². The summed E-state index contributed by atoms with van der Waals surface area (Å²) in [6, 6.07) is 23.8. The molecular formula is C32H32N2O2S. The summed E-state index contributed by atoms with van der Waals surface area (Å²) in [6.07, 6.45) is 10.0. The number of anilines is 1. The number of benzene rings is 3. The lowest BCUT2D eigenvalue weighted by Crippen LogP contribution is -2.33. The normalized spacial score (nSPS) is 16.4. The average molecular weight is 509 g/mol. The number of amides is 2. The maximum Gasteiger partial charge on any atom is 0.265 e. The van der Waals surface area contributed by atoms with Crippen LogP contribution in [0.15, 0.2) is 94.2 Å². The predicted octanol–water partition coefficient (Wildman–Crippen LogP) is 7.30. The summed E-state index contributed by atoms with van der Waals surface area (Å²) < 4.78 is 0. The van der Waals surface area contributed by atoms with Gasteiger partial charge in [0.2, 0.25) is 0 Å². The Bertz CT molecular complexity index is 1340. The minimum atomic E-state index is -0.0584. The van der Waals surface area contributed by atoms with Crippen LogP contribution in [0.1, 0.15) is 59.2 Å². The van der Waals surface area contributed by atoms with E-state index in [1.54, 1.807) is 0 Å². The van der Waals surface area contributed by atoms with Gasteiger partial charge in [-0.25, -0.2) is 0 Å². The molecule has 0 saturated heterocycles. The summed E-state index contributed by atoms with van der Waals surface area (Å²) in [6.45, 7) is 3.24. The fourth-order valence-electron chi connectivity index (χ4n) is 4.75. The molecule has 1 aliphatic carbocycles. The Morgan fingerprint density at radius 3 is 2.54 bits per heavy atom. The van der Waals surface area contributed by atoms with E-state index >= 15 is 0 Å². The molecule has 0 aromatic heterocycles. The summed E-state index contributed by atoms with van der Waals surface area (Å²) in [4.78, 5) is 29.7. The minimum absolute atomic E-state index is 0.0110. The molecule has 4 nitrogen and oxygen atoms in total. The Morgan fingerprint density at radius 2 is 1.78 bits per heavy atom. The number of hydrogen-bond donors (Lipinski definition) is 1. The van der Waals surface area contributed by atoms with Crippen molar-refractivity contribution >= 4 is 35.3 Å². The molecule has 1 heterocycles. The van der Waals surface area contributed by atoms with Crippen molar-refractivity contribution < 1.29 is 9.59 Å². The van der Waals surface area contributed by atoms with Crippen LogP contribution in [0, 0.1) is 6.92 Å². The largest absolute Gasteiger partial charge is 0.352 e. The first-order chi connectivity index (χ1) is 18.1. The van der Waals surface area contributed by atoms with Gasteiger partial charge in [0.05, 0.1) is 17.1 Å². The lowest BCUT2D eigenvalue weighted by atomic mass is 9.97. The second-order valence-corrected chi connectivity index (χ2v) is 10.8. The molecule has 188 valence electrons. The molecule has 1 aliphatic heterocycles. The first kappa shape index (κ1) is 25.1. The quantitative estimate of drug-likeness (QED) is 0.269. The number of hydrogen-bond acceptors (Lipinski definition) is 3. The van der Waals surface area contributed by atoms with Crippen LogP contribution in [0.4, 0.5) is 5.69 Å². The zero-order chi connectivity index (χ0) is 25.6. The molecule has 0 saturated carbocycles. The van der Waals surface area contributed by atoms with Gasteiger partial charge in [-0.05, 0) is 80.5 Å². The Balaban J connectivity index is 1.28. The predicted molar refractivity (Wildman–Crippen MR) is 153 cm³/mol. The van der Waals surface area contributed by atoms with Crippen LogP contribution in [0.25, 0.3) is 6.08 Å². The van der Waals surface area contributed by atoms with Crippen molar-refractivity contribution in [2.24, 2.45) is 0 Å². The van der Waals surface area contributed by atoms with Gasteiger partial charge in [0, 0.05) is 17.0 Å². The molecular weight excluding hydrogens is 476 g/mol. The number of fused-ring (bicyclic) bond motifs is 1. The number of carbonyl (C=O) groups excluding carboxylic acids is 2. The second-order valence-electron chi connectivity index (χ2n) is 9.69. The van der Waals surface area contributed by atoms with Gasteiger partial charge in [-0.15, -0.1) is 0 Å². The van der Waals surface area contributed by atoms with E-state index in [1.165, 1.54) is 35.7 Å². The summed E-state index contributed by atoms with van der Waals surface area (Å²) in [5.41, 5.74) is 6.22. The molecule has 3 aromatic rings. The molecule has 37 heavy (non-hydrogen) atoms. The highest BCUT2D eigenvalue weighted by molar-refractivity contribution is 8.04. The minimum Gasteiger partial charge on any atom is -0.352 e. The third-order valence-electron chi connectivity index (χ3n) is 6.88. The van der Waals surface area contributed by atoms with E-state index in [4.69, 9.17) is 0 Å². The van der Waals surface area contributed by atoms with Gasteiger partial charge in [-0.2, -0.15) is 0 Å². The van der Waals surface area contributed by atoms with Gasteiger partial charge in [0.25, 0.3) is 11.8 Å². The molecule has 0 spiro atoms. The maximum atomic E-state index is 13.6. The van der Waals surface area contributed by atoms with Crippen LogP contribution in [0.3, 0.4) is 0 Å². The highest BCUT2D eigenvalue weighted by atomic mass is 32.2. The van der Waals surface area contributed by atoms with Crippen molar-refractivity contribution in [1.82, 2.24) is 5.32 Å². The zero-order valence-corrected chi connectivity index (χ0v) is 22.0. The van der Waals surface area contributed by atoms with Gasteiger partial charge in [-0.1, -0.05) is 77.5 Å². The van der Waals surface area contributed by atoms with Crippen LogP contribution in [0.2, 0.25) is 0 Å². The number of nitrogens with one attached hydrogen (secondary N) is 1. The lowest BCUT2D eigenvalue weighted by Gasteiger charge is -2.30. The maximum absolute atomic E-state index is 13.6. The number of carbonyl (C=O) groups is 2. The second kappa shape index (κ2) is 11.7. The van der Waals surface area contributed by atoms with Crippen molar-refractivity contribution in [2.75, 3.05) is 11.4 Å². The van der Waals surface area contributed by atoms with Crippen molar-refractivity contribution in [3.05, 3.63) is 112 Å². The van der Waals surface area contributed by atoms with Crippen LogP contribution in [-0.4, -0.2) is 18.4 Å². The molecule has 0 bridgehead atoms. The molecule has 5 heteroatoms. The zero-order valence-electron chi connectivity index (χ0n) is 21.2. The Morgan fingerprint density at radius 1 is 1.00 bits per heavy atom. The van der Waals surface area contributed by atoms with Gasteiger partial charge in [0.1, 0.15) is 0 Å². The van der Waals surface area contributed by atoms with E-state index in [-0.39, 0.29) is 11.8 Å². The van der Waals surface area contributed by atoms with E-state index in [0.717, 1.165) is 41.0 Å². The third-order valence-corrected chi connectivity index (χ3v) is 7.96. The molecule has 3 aromatic carbocycles. The standard InChI is InChI=1S/C32H32N2O2S/c1-23-11-13-26(14-12-23)22-34-28-9-5-6-10-29(28)37-30(32(34)36)21-25-15-17-27(18-16-25)31(35)33-20-19-24-7-3-2-4-8-24/h5-7,9-18,21H,2-4,8,19-20,22H2,1H3,(H,33,35)/b30-21+. The average Bonchev–Trinajstić information content (AvgIpc) is 2.93. The van der Waals surface area contributed by atoms with Gasteiger partial charge < -0.3 is 10.2 Å². The summed E-state index contributed by atoms with van der Waals surface area (Å²) in [5.74, 6) is -0.0694. The highest BCUT2D eigenvalue weighted by Gasteiger charge is 2.29. The van der Waals surface area contributed by atoms with E-state index in [1.807, 2.05) is 53.4 Å². The van der Waals surface area contributed by atoms with E-state index in [9.17, 15) is 9.59 Å². The number of aryl methyl sites for hydroxylation is 1. The first-order valence-electron chi connectivity index (χ1n) is 13.0. The molecule has 0 radical (unpaired) electrons. The summed E-state index contributed by atoms with van der Waals surface area (Å²) in [7, 11) is 0. The monoisotopic (exact) mass is 508 g/mol. The number of rotatable bonds is 7. The Labute approximate surface area is 223 Å². The smallest absolute Gasteiger partial charge is 0.265 e. The van der Waals surface area contributed by atoms with Gasteiger partial charge >= 0.3 is 0 Å².